The van der Waals surface area contributed by atoms with E-state index in [9.17, 15) is 4.79 Å². The normalized spacial score (nSPS) is 30.3. The highest BCUT2D eigenvalue weighted by atomic mass is 35.5. The highest BCUT2D eigenvalue weighted by Crippen LogP contribution is 2.34. The van der Waals surface area contributed by atoms with Crippen molar-refractivity contribution < 1.29 is 0 Å². The summed E-state index contributed by atoms with van der Waals surface area (Å²) in [6.45, 7) is 4.49. The Kier molecular flexibility index (Phi) is 3.33. The molecule has 0 spiro atoms. The molecule has 0 N–H and O–H groups in total. The fraction of sp³-hybridized carbons (Fsp3) is 0.667. The van der Waals surface area contributed by atoms with Crippen molar-refractivity contribution in [3.8, 4) is 0 Å². The Balaban J connectivity index is 2.26. The molecule has 0 aliphatic heterocycles. The first kappa shape index (κ1) is 11.6. The Hall–Kier alpha value is -0.830. The van der Waals surface area contributed by atoms with Crippen molar-refractivity contribution in [2.45, 2.75) is 39.2 Å². The van der Waals surface area contributed by atoms with Crippen LogP contribution in [0.1, 0.15) is 39.2 Å². The standard InChI is InChI=1S/C12H17ClN2O/c1-8-3-9(2)5-10(4-8)15-7-14-11(13)6-12(15)16/h6-10H,3-5H2,1-2H3. The molecule has 3 nitrogen and oxygen atoms in total. The van der Waals surface area contributed by atoms with Crippen LogP contribution in [0.3, 0.4) is 0 Å². The minimum Gasteiger partial charge on any atom is -0.296 e. The minimum absolute atomic E-state index is 0.0358. The Labute approximate surface area is 100 Å². The van der Waals surface area contributed by atoms with Crippen LogP contribution >= 0.6 is 11.6 Å². The van der Waals surface area contributed by atoms with Gasteiger partial charge in [-0.25, -0.2) is 4.98 Å². The number of aromatic nitrogens is 2. The molecular weight excluding hydrogens is 224 g/mol. The third kappa shape index (κ3) is 2.46. The van der Waals surface area contributed by atoms with Crippen molar-refractivity contribution in [1.82, 2.24) is 9.55 Å². The van der Waals surface area contributed by atoms with E-state index in [0.29, 0.717) is 11.8 Å². The Morgan fingerprint density at radius 3 is 2.50 bits per heavy atom. The maximum Gasteiger partial charge on any atom is 0.255 e. The van der Waals surface area contributed by atoms with Gasteiger partial charge in [0.1, 0.15) is 5.15 Å². The van der Waals surface area contributed by atoms with E-state index in [2.05, 4.69) is 18.8 Å². The molecule has 1 aliphatic carbocycles. The molecule has 0 amide bonds. The van der Waals surface area contributed by atoms with Gasteiger partial charge in [-0.1, -0.05) is 25.4 Å². The molecule has 1 aromatic rings. The van der Waals surface area contributed by atoms with Gasteiger partial charge in [0.2, 0.25) is 0 Å². The maximum absolute atomic E-state index is 11.8. The molecule has 1 heterocycles. The Bertz CT molecular complexity index is 419. The molecule has 0 radical (unpaired) electrons. The van der Waals surface area contributed by atoms with E-state index >= 15 is 0 Å². The summed E-state index contributed by atoms with van der Waals surface area (Å²) in [6, 6.07) is 1.68. The summed E-state index contributed by atoms with van der Waals surface area (Å²) in [5.41, 5.74) is -0.0358. The predicted octanol–water partition coefficient (Wildman–Crippen LogP) is 2.89. The molecule has 2 rings (SSSR count). The van der Waals surface area contributed by atoms with Gasteiger partial charge in [-0.05, 0) is 31.1 Å². The highest BCUT2D eigenvalue weighted by molar-refractivity contribution is 6.29. The van der Waals surface area contributed by atoms with Crippen LogP contribution in [0.15, 0.2) is 17.2 Å². The lowest BCUT2D eigenvalue weighted by molar-refractivity contribution is 0.217. The second-order valence-corrected chi connectivity index (χ2v) is 5.42. The zero-order chi connectivity index (χ0) is 11.7. The van der Waals surface area contributed by atoms with Crippen LogP contribution < -0.4 is 5.56 Å². The number of hydrogen-bond donors (Lipinski definition) is 0. The smallest absolute Gasteiger partial charge is 0.255 e. The highest BCUT2D eigenvalue weighted by Gasteiger charge is 2.25. The summed E-state index contributed by atoms with van der Waals surface area (Å²) >= 11 is 5.69. The van der Waals surface area contributed by atoms with Crippen molar-refractivity contribution in [2.75, 3.05) is 0 Å². The van der Waals surface area contributed by atoms with Crippen molar-refractivity contribution in [3.05, 3.63) is 27.9 Å². The van der Waals surface area contributed by atoms with Crippen molar-refractivity contribution in [1.29, 1.82) is 0 Å². The maximum atomic E-state index is 11.8. The van der Waals surface area contributed by atoms with Crippen LogP contribution in [-0.4, -0.2) is 9.55 Å². The monoisotopic (exact) mass is 240 g/mol. The number of halogens is 1. The summed E-state index contributed by atoms with van der Waals surface area (Å²) in [7, 11) is 0. The summed E-state index contributed by atoms with van der Waals surface area (Å²) in [5, 5.41) is 0.276. The van der Waals surface area contributed by atoms with Crippen LogP contribution in [0.2, 0.25) is 5.15 Å². The largest absolute Gasteiger partial charge is 0.296 e. The first-order valence-corrected chi connectivity index (χ1v) is 6.17. The second kappa shape index (κ2) is 4.58. The molecule has 2 unspecified atom stereocenters. The Morgan fingerprint density at radius 2 is 1.94 bits per heavy atom. The van der Waals surface area contributed by atoms with Gasteiger partial charge in [0.15, 0.2) is 0 Å². The van der Waals surface area contributed by atoms with Gasteiger partial charge in [0.05, 0.1) is 6.33 Å². The molecule has 1 saturated carbocycles. The van der Waals surface area contributed by atoms with E-state index in [4.69, 9.17) is 11.6 Å². The van der Waals surface area contributed by atoms with Gasteiger partial charge >= 0.3 is 0 Å². The lowest BCUT2D eigenvalue weighted by Gasteiger charge is -2.32. The average molecular weight is 241 g/mol. The molecule has 0 saturated heterocycles. The van der Waals surface area contributed by atoms with Gasteiger partial charge in [0, 0.05) is 12.1 Å². The van der Waals surface area contributed by atoms with Crippen molar-refractivity contribution in [2.24, 2.45) is 11.8 Å². The number of rotatable bonds is 1. The van der Waals surface area contributed by atoms with Gasteiger partial charge in [-0.3, -0.25) is 9.36 Å². The lowest BCUT2D eigenvalue weighted by Crippen LogP contribution is -2.30. The quantitative estimate of drug-likeness (QED) is 0.708. The molecule has 1 fully saturated rings. The van der Waals surface area contributed by atoms with E-state index < -0.39 is 0 Å². The van der Waals surface area contributed by atoms with E-state index in [1.54, 1.807) is 10.9 Å². The zero-order valence-corrected chi connectivity index (χ0v) is 10.4. The molecular formula is C12H17ClN2O. The van der Waals surface area contributed by atoms with E-state index in [0.717, 1.165) is 12.8 Å². The molecule has 2 atom stereocenters. The van der Waals surface area contributed by atoms with Crippen LogP contribution in [0.25, 0.3) is 0 Å². The topological polar surface area (TPSA) is 34.9 Å². The zero-order valence-electron chi connectivity index (χ0n) is 9.69. The number of nitrogens with zero attached hydrogens (tertiary/aromatic N) is 2. The Morgan fingerprint density at radius 1 is 1.31 bits per heavy atom. The van der Waals surface area contributed by atoms with Gasteiger partial charge in [-0.15, -0.1) is 0 Å². The van der Waals surface area contributed by atoms with Crippen molar-refractivity contribution >= 4 is 11.6 Å². The van der Waals surface area contributed by atoms with Gasteiger partial charge in [0.25, 0.3) is 5.56 Å². The summed E-state index contributed by atoms with van der Waals surface area (Å²) in [6.07, 6.45) is 4.97. The fourth-order valence-electron chi connectivity index (χ4n) is 2.79. The molecule has 16 heavy (non-hydrogen) atoms. The first-order valence-electron chi connectivity index (χ1n) is 5.80. The summed E-state index contributed by atoms with van der Waals surface area (Å²) in [4.78, 5) is 15.8. The molecule has 0 bridgehead atoms. The van der Waals surface area contributed by atoms with Crippen LogP contribution in [0.4, 0.5) is 0 Å². The van der Waals surface area contributed by atoms with Crippen molar-refractivity contribution in [3.63, 3.8) is 0 Å². The average Bonchev–Trinajstić information content (AvgIpc) is 2.15. The van der Waals surface area contributed by atoms with Crippen LogP contribution in [-0.2, 0) is 0 Å². The summed E-state index contributed by atoms with van der Waals surface area (Å²) in [5.74, 6) is 1.35. The molecule has 1 aromatic heterocycles. The first-order chi connectivity index (χ1) is 7.56. The predicted molar refractivity (Wildman–Crippen MR) is 64.7 cm³/mol. The third-order valence-corrected chi connectivity index (χ3v) is 3.56. The van der Waals surface area contributed by atoms with E-state index in [1.807, 2.05) is 0 Å². The van der Waals surface area contributed by atoms with Crippen LogP contribution in [0.5, 0.6) is 0 Å². The van der Waals surface area contributed by atoms with Crippen LogP contribution in [0, 0.1) is 11.8 Å². The number of hydrogen-bond acceptors (Lipinski definition) is 2. The lowest BCUT2D eigenvalue weighted by atomic mass is 9.80. The third-order valence-electron chi connectivity index (χ3n) is 3.35. The minimum atomic E-state index is -0.0358. The van der Waals surface area contributed by atoms with Gasteiger partial charge < -0.3 is 0 Å². The SMILES string of the molecule is CC1CC(C)CC(n2cnc(Cl)cc2=O)C1. The second-order valence-electron chi connectivity index (χ2n) is 5.03. The van der Waals surface area contributed by atoms with E-state index in [1.165, 1.54) is 12.5 Å². The molecule has 4 heteroatoms. The van der Waals surface area contributed by atoms with E-state index in [-0.39, 0.29) is 16.8 Å². The fourth-order valence-corrected chi connectivity index (χ4v) is 2.93. The molecule has 88 valence electrons. The van der Waals surface area contributed by atoms with Gasteiger partial charge in [-0.2, -0.15) is 0 Å². The molecule has 1 aliphatic rings. The summed E-state index contributed by atoms with van der Waals surface area (Å²) < 4.78 is 1.73. The molecule has 0 aromatic carbocycles.